The quantitative estimate of drug-likeness (QED) is 0.650. The number of rotatable bonds is 6. The van der Waals surface area contributed by atoms with Crippen LogP contribution >= 0.6 is 0 Å². The standard InChI is InChI=1S/C12H22NO/c1-6-10(7-2)11(8-3)13-12(14)9(4)5/h11H,4,6-8H2,1-3,5H3,(H,13,14). The number of amides is 1. The lowest BCUT2D eigenvalue weighted by molar-refractivity contribution is -0.118. The van der Waals surface area contributed by atoms with E-state index in [9.17, 15) is 4.79 Å². The van der Waals surface area contributed by atoms with Crippen LogP contribution in [0.25, 0.3) is 0 Å². The Hall–Kier alpha value is -0.790. The third-order valence-electron chi connectivity index (χ3n) is 2.50. The van der Waals surface area contributed by atoms with Crippen LogP contribution in [0, 0.1) is 5.92 Å². The maximum atomic E-state index is 11.4. The Kier molecular flexibility index (Phi) is 6.26. The van der Waals surface area contributed by atoms with E-state index in [1.807, 2.05) is 0 Å². The van der Waals surface area contributed by atoms with Crippen LogP contribution in [-0.4, -0.2) is 11.9 Å². The lowest BCUT2D eigenvalue weighted by atomic mass is 9.92. The highest BCUT2D eigenvalue weighted by Gasteiger charge is 2.19. The Morgan fingerprint density at radius 1 is 1.29 bits per heavy atom. The van der Waals surface area contributed by atoms with Crippen LogP contribution in [0.5, 0.6) is 0 Å². The molecule has 0 bridgehead atoms. The third-order valence-corrected chi connectivity index (χ3v) is 2.50. The zero-order valence-corrected chi connectivity index (χ0v) is 9.81. The van der Waals surface area contributed by atoms with Gasteiger partial charge in [-0.05, 0) is 32.1 Å². The van der Waals surface area contributed by atoms with E-state index in [1.165, 1.54) is 5.92 Å². The molecule has 0 saturated heterocycles. The van der Waals surface area contributed by atoms with Crippen LogP contribution in [0.4, 0.5) is 0 Å². The van der Waals surface area contributed by atoms with E-state index in [2.05, 4.69) is 32.7 Å². The maximum Gasteiger partial charge on any atom is 0.246 e. The molecule has 0 aliphatic carbocycles. The molecule has 0 aliphatic heterocycles. The molecule has 0 aromatic rings. The van der Waals surface area contributed by atoms with Crippen molar-refractivity contribution in [1.29, 1.82) is 0 Å². The zero-order chi connectivity index (χ0) is 11.1. The highest BCUT2D eigenvalue weighted by atomic mass is 16.1. The van der Waals surface area contributed by atoms with Crippen LogP contribution in [-0.2, 0) is 4.79 Å². The van der Waals surface area contributed by atoms with Crippen LogP contribution in [0.1, 0.15) is 47.0 Å². The third kappa shape index (κ3) is 3.95. The van der Waals surface area contributed by atoms with E-state index < -0.39 is 0 Å². The van der Waals surface area contributed by atoms with Gasteiger partial charge in [-0.2, -0.15) is 0 Å². The normalized spacial score (nSPS) is 12.6. The van der Waals surface area contributed by atoms with Crippen molar-refractivity contribution in [3.63, 3.8) is 0 Å². The minimum Gasteiger partial charge on any atom is -0.349 e. The van der Waals surface area contributed by atoms with Gasteiger partial charge >= 0.3 is 0 Å². The van der Waals surface area contributed by atoms with Gasteiger partial charge in [-0.1, -0.05) is 27.4 Å². The van der Waals surface area contributed by atoms with Crippen LogP contribution in [0.15, 0.2) is 12.2 Å². The second-order valence-electron chi connectivity index (χ2n) is 3.58. The van der Waals surface area contributed by atoms with Crippen molar-refractivity contribution in [3.05, 3.63) is 18.1 Å². The van der Waals surface area contributed by atoms with Gasteiger partial charge in [0.05, 0.1) is 0 Å². The van der Waals surface area contributed by atoms with Crippen LogP contribution < -0.4 is 5.32 Å². The Morgan fingerprint density at radius 2 is 1.79 bits per heavy atom. The molecule has 2 heteroatoms. The highest BCUT2D eigenvalue weighted by Crippen LogP contribution is 2.18. The summed E-state index contributed by atoms with van der Waals surface area (Å²) in [5, 5.41) is 2.99. The predicted octanol–water partition coefficient (Wildman–Crippen LogP) is 2.85. The summed E-state index contributed by atoms with van der Waals surface area (Å²) in [6, 6.07) is 0.217. The molecule has 1 radical (unpaired) electrons. The van der Waals surface area contributed by atoms with E-state index in [0.29, 0.717) is 5.57 Å². The number of carbonyl (C=O) groups is 1. The van der Waals surface area contributed by atoms with Gasteiger partial charge in [-0.15, -0.1) is 0 Å². The summed E-state index contributed by atoms with van der Waals surface area (Å²) in [5.41, 5.74) is 0.579. The molecule has 0 saturated carbocycles. The van der Waals surface area contributed by atoms with Gasteiger partial charge in [0.15, 0.2) is 0 Å². The largest absolute Gasteiger partial charge is 0.349 e. The molecular formula is C12H22NO. The van der Waals surface area contributed by atoms with Crippen molar-refractivity contribution < 1.29 is 4.79 Å². The molecular weight excluding hydrogens is 174 g/mol. The number of nitrogens with one attached hydrogen (secondary N) is 1. The molecule has 0 aromatic carbocycles. The van der Waals surface area contributed by atoms with E-state index >= 15 is 0 Å². The summed E-state index contributed by atoms with van der Waals surface area (Å²) in [7, 11) is 0. The highest BCUT2D eigenvalue weighted by molar-refractivity contribution is 5.92. The lowest BCUT2D eigenvalue weighted by Gasteiger charge is -2.24. The Balaban J connectivity index is 4.27. The topological polar surface area (TPSA) is 29.1 Å². The van der Waals surface area contributed by atoms with Crippen molar-refractivity contribution in [1.82, 2.24) is 5.32 Å². The van der Waals surface area contributed by atoms with Crippen molar-refractivity contribution in [2.24, 2.45) is 0 Å². The summed E-state index contributed by atoms with van der Waals surface area (Å²) in [6.07, 6.45) is 3.02. The average Bonchev–Trinajstić information content (AvgIpc) is 2.17. The second-order valence-corrected chi connectivity index (χ2v) is 3.58. The smallest absolute Gasteiger partial charge is 0.246 e. The monoisotopic (exact) mass is 196 g/mol. The van der Waals surface area contributed by atoms with E-state index in [-0.39, 0.29) is 11.9 Å². The van der Waals surface area contributed by atoms with Gasteiger partial charge in [0.2, 0.25) is 5.91 Å². The molecule has 0 rings (SSSR count). The fourth-order valence-corrected chi connectivity index (χ4v) is 1.52. The van der Waals surface area contributed by atoms with E-state index in [0.717, 1.165) is 19.3 Å². The Labute approximate surface area is 87.8 Å². The molecule has 0 aromatic heterocycles. The first-order valence-corrected chi connectivity index (χ1v) is 5.37. The summed E-state index contributed by atoms with van der Waals surface area (Å²) in [4.78, 5) is 11.4. The SMILES string of the molecule is C=C(C)C(=O)NC(CC)[C](CC)CC. The molecule has 0 heterocycles. The summed E-state index contributed by atoms with van der Waals surface area (Å²) < 4.78 is 0. The molecule has 1 unspecified atom stereocenters. The maximum absolute atomic E-state index is 11.4. The summed E-state index contributed by atoms with van der Waals surface area (Å²) in [6.45, 7) is 11.7. The first-order chi connectivity index (χ1) is 6.56. The number of carbonyl (C=O) groups excluding carboxylic acids is 1. The fraction of sp³-hybridized carbons (Fsp3) is 0.667. The molecule has 1 atom stereocenters. The molecule has 81 valence electrons. The van der Waals surface area contributed by atoms with Crippen LogP contribution in [0.2, 0.25) is 0 Å². The predicted molar refractivity (Wildman–Crippen MR) is 60.9 cm³/mol. The molecule has 1 N–H and O–H groups in total. The van der Waals surface area contributed by atoms with Crippen molar-refractivity contribution in [2.75, 3.05) is 0 Å². The van der Waals surface area contributed by atoms with Crippen molar-refractivity contribution >= 4 is 5.91 Å². The number of hydrogen-bond donors (Lipinski definition) is 1. The van der Waals surface area contributed by atoms with Gasteiger partial charge < -0.3 is 5.32 Å². The summed E-state index contributed by atoms with van der Waals surface area (Å²) >= 11 is 0. The van der Waals surface area contributed by atoms with Crippen molar-refractivity contribution in [2.45, 2.75) is 53.0 Å². The molecule has 1 amide bonds. The average molecular weight is 196 g/mol. The van der Waals surface area contributed by atoms with Crippen LogP contribution in [0.3, 0.4) is 0 Å². The van der Waals surface area contributed by atoms with Gasteiger partial charge in [0, 0.05) is 11.6 Å². The minimum atomic E-state index is -0.0312. The number of hydrogen-bond acceptors (Lipinski definition) is 1. The van der Waals surface area contributed by atoms with E-state index in [4.69, 9.17) is 0 Å². The lowest BCUT2D eigenvalue weighted by Crippen LogP contribution is -2.38. The van der Waals surface area contributed by atoms with Gasteiger partial charge in [-0.3, -0.25) is 4.79 Å². The Morgan fingerprint density at radius 3 is 2.07 bits per heavy atom. The van der Waals surface area contributed by atoms with E-state index in [1.54, 1.807) is 6.92 Å². The first-order valence-electron chi connectivity index (χ1n) is 5.37. The Bertz CT molecular complexity index is 194. The fourth-order valence-electron chi connectivity index (χ4n) is 1.52. The minimum absolute atomic E-state index is 0.0312. The molecule has 0 aliphatic rings. The summed E-state index contributed by atoms with van der Waals surface area (Å²) in [5.74, 6) is 1.37. The molecule has 2 nitrogen and oxygen atoms in total. The van der Waals surface area contributed by atoms with Gasteiger partial charge in [0.25, 0.3) is 0 Å². The molecule has 0 spiro atoms. The zero-order valence-electron chi connectivity index (χ0n) is 9.81. The first kappa shape index (κ1) is 13.2. The van der Waals surface area contributed by atoms with Gasteiger partial charge in [0.1, 0.15) is 0 Å². The van der Waals surface area contributed by atoms with Crippen molar-refractivity contribution in [3.8, 4) is 0 Å². The second kappa shape index (κ2) is 6.63. The molecule has 14 heavy (non-hydrogen) atoms. The van der Waals surface area contributed by atoms with Gasteiger partial charge in [-0.25, -0.2) is 0 Å². The molecule has 0 fully saturated rings.